The van der Waals surface area contributed by atoms with Crippen LogP contribution in [0.4, 0.5) is 0 Å². The monoisotopic (exact) mass is 274 g/mol. The number of ether oxygens (including phenoxy) is 2. The smallest absolute Gasteiger partial charge is 0.151 e. The lowest BCUT2D eigenvalue weighted by Gasteiger charge is -2.06. The van der Waals surface area contributed by atoms with Crippen LogP contribution in [-0.2, 0) is 9.47 Å². The first-order chi connectivity index (χ1) is 9.27. The van der Waals surface area contributed by atoms with E-state index < -0.39 is 6.29 Å². The zero-order valence-electron chi connectivity index (χ0n) is 13.0. The molecule has 0 saturated carbocycles. The largest absolute Gasteiger partial charge is 0.381 e. The third-order valence-electron chi connectivity index (χ3n) is 3.18. The van der Waals surface area contributed by atoms with Crippen molar-refractivity contribution in [2.45, 2.75) is 84.3 Å². The van der Waals surface area contributed by atoms with Gasteiger partial charge in [-0.3, -0.25) is 0 Å². The fourth-order valence-electron chi connectivity index (χ4n) is 1.97. The standard InChI is InChI=1S/C16H34O3/c1-3-4-13-18-14-11-9-7-5-6-8-10-12-15-19-16(2)17/h16-17H,3-15H2,1-2H3. The average molecular weight is 274 g/mol. The molecule has 0 fully saturated rings. The molecule has 3 heteroatoms. The molecular weight excluding hydrogens is 240 g/mol. The van der Waals surface area contributed by atoms with E-state index in [-0.39, 0.29) is 0 Å². The van der Waals surface area contributed by atoms with E-state index >= 15 is 0 Å². The second kappa shape index (κ2) is 15.9. The second-order valence-electron chi connectivity index (χ2n) is 5.26. The number of unbranched alkanes of at least 4 members (excludes halogenated alkanes) is 8. The van der Waals surface area contributed by atoms with Crippen molar-refractivity contribution in [3.63, 3.8) is 0 Å². The zero-order chi connectivity index (χ0) is 14.2. The highest BCUT2D eigenvalue weighted by atomic mass is 16.6. The average Bonchev–Trinajstić information content (AvgIpc) is 2.39. The number of hydrogen-bond acceptors (Lipinski definition) is 3. The molecule has 0 radical (unpaired) electrons. The van der Waals surface area contributed by atoms with Gasteiger partial charge in [-0.25, -0.2) is 0 Å². The van der Waals surface area contributed by atoms with Crippen LogP contribution in [0.1, 0.15) is 78.1 Å². The van der Waals surface area contributed by atoms with Gasteiger partial charge in [-0.05, 0) is 26.2 Å². The highest BCUT2D eigenvalue weighted by Gasteiger charge is 1.95. The Bertz CT molecular complexity index is 160. The fourth-order valence-corrected chi connectivity index (χ4v) is 1.97. The normalized spacial score (nSPS) is 12.8. The lowest BCUT2D eigenvalue weighted by Crippen LogP contribution is -2.06. The minimum Gasteiger partial charge on any atom is -0.381 e. The summed E-state index contributed by atoms with van der Waals surface area (Å²) in [5.74, 6) is 0. The molecule has 0 rings (SSSR count). The molecule has 0 aromatic carbocycles. The molecule has 0 spiro atoms. The van der Waals surface area contributed by atoms with Gasteiger partial charge < -0.3 is 14.6 Å². The van der Waals surface area contributed by atoms with Crippen molar-refractivity contribution in [1.82, 2.24) is 0 Å². The van der Waals surface area contributed by atoms with Gasteiger partial charge in [0.25, 0.3) is 0 Å². The molecular formula is C16H34O3. The molecule has 0 aromatic rings. The maximum absolute atomic E-state index is 8.91. The minimum atomic E-state index is -0.612. The van der Waals surface area contributed by atoms with E-state index in [1.807, 2.05) is 0 Å². The van der Waals surface area contributed by atoms with Gasteiger partial charge in [0, 0.05) is 19.8 Å². The minimum absolute atomic E-state index is 0.612. The van der Waals surface area contributed by atoms with Gasteiger partial charge in [-0.1, -0.05) is 51.9 Å². The van der Waals surface area contributed by atoms with Crippen LogP contribution in [0.3, 0.4) is 0 Å². The fraction of sp³-hybridized carbons (Fsp3) is 1.00. The number of aliphatic hydroxyl groups is 1. The number of hydrogen-bond donors (Lipinski definition) is 1. The Morgan fingerprint density at radius 3 is 1.74 bits per heavy atom. The molecule has 1 unspecified atom stereocenters. The van der Waals surface area contributed by atoms with Crippen LogP contribution in [-0.4, -0.2) is 31.2 Å². The highest BCUT2D eigenvalue weighted by Crippen LogP contribution is 2.09. The van der Waals surface area contributed by atoms with Crippen molar-refractivity contribution in [2.75, 3.05) is 19.8 Å². The SMILES string of the molecule is CCCCOCCCCCCCCCCOC(C)O. The van der Waals surface area contributed by atoms with Gasteiger partial charge in [0.15, 0.2) is 6.29 Å². The maximum Gasteiger partial charge on any atom is 0.151 e. The van der Waals surface area contributed by atoms with Crippen LogP contribution in [0.2, 0.25) is 0 Å². The van der Waals surface area contributed by atoms with Gasteiger partial charge >= 0.3 is 0 Å². The van der Waals surface area contributed by atoms with Crippen LogP contribution in [0.5, 0.6) is 0 Å². The van der Waals surface area contributed by atoms with Crippen LogP contribution < -0.4 is 0 Å². The lowest BCUT2D eigenvalue weighted by atomic mass is 10.1. The van der Waals surface area contributed by atoms with Crippen LogP contribution in [0.25, 0.3) is 0 Å². The summed E-state index contributed by atoms with van der Waals surface area (Å²) in [5, 5.41) is 8.91. The third-order valence-corrected chi connectivity index (χ3v) is 3.18. The molecule has 0 aliphatic heterocycles. The Kier molecular flexibility index (Phi) is 15.8. The van der Waals surface area contributed by atoms with Gasteiger partial charge in [-0.15, -0.1) is 0 Å². The van der Waals surface area contributed by atoms with Crippen LogP contribution in [0.15, 0.2) is 0 Å². The Morgan fingerprint density at radius 1 is 0.737 bits per heavy atom. The van der Waals surface area contributed by atoms with Gasteiger partial charge in [0.2, 0.25) is 0 Å². The zero-order valence-corrected chi connectivity index (χ0v) is 13.0. The van der Waals surface area contributed by atoms with E-state index in [2.05, 4.69) is 6.92 Å². The van der Waals surface area contributed by atoms with Crippen molar-refractivity contribution >= 4 is 0 Å². The molecule has 0 amide bonds. The molecule has 116 valence electrons. The summed E-state index contributed by atoms with van der Waals surface area (Å²) in [6, 6.07) is 0. The number of rotatable bonds is 15. The summed E-state index contributed by atoms with van der Waals surface area (Å²) in [5.41, 5.74) is 0. The third kappa shape index (κ3) is 17.9. The van der Waals surface area contributed by atoms with E-state index in [4.69, 9.17) is 14.6 Å². The van der Waals surface area contributed by atoms with Crippen molar-refractivity contribution in [3.8, 4) is 0 Å². The summed E-state index contributed by atoms with van der Waals surface area (Å²) >= 11 is 0. The highest BCUT2D eigenvalue weighted by molar-refractivity contribution is 4.47. The Labute approximate surface area is 119 Å². The van der Waals surface area contributed by atoms with Gasteiger partial charge in [0.1, 0.15) is 0 Å². The summed E-state index contributed by atoms with van der Waals surface area (Å²) < 4.78 is 10.6. The van der Waals surface area contributed by atoms with E-state index in [0.717, 1.165) is 19.6 Å². The summed E-state index contributed by atoms with van der Waals surface area (Å²) in [4.78, 5) is 0. The van der Waals surface area contributed by atoms with Crippen LogP contribution >= 0.6 is 0 Å². The quantitative estimate of drug-likeness (QED) is 0.358. The summed E-state index contributed by atoms with van der Waals surface area (Å²) in [7, 11) is 0. The molecule has 1 atom stereocenters. The van der Waals surface area contributed by atoms with E-state index in [1.165, 1.54) is 57.8 Å². The van der Waals surface area contributed by atoms with Crippen molar-refractivity contribution < 1.29 is 14.6 Å². The van der Waals surface area contributed by atoms with Crippen molar-refractivity contribution in [2.24, 2.45) is 0 Å². The van der Waals surface area contributed by atoms with Crippen LogP contribution in [0, 0.1) is 0 Å². The van der Waals surface area contributed by atoms with E-state index in [0.29, 0.717) is 6.61 Å². The van der Waals surface area contributed by atoms with Gasteiger partial charge in [0.05, 0.1) is 0 Å². The molecule has 19 heavy (non-hydrogen) atoms. The van der Waals surface area contributed by atoms with Gasteiger partial charge in [-0.2, -0.15) is 0 Å². The Hall–Kier alpha value is -0.120. The molecule has 0 aliphatic carbocycles. The number of aliphatic hydroxyl groups excluding tert-OH is 1. The predicted molar refractivity (Wildman–Crippen MR) is 80.3 cm³/mol. The molecule has 0 bridgehead atoms. The van der Waals surface area contributed by atoms with Crippen molar-refractivity contribution in [1.29, 1.82) is 0 Å². The summed E-state index contributed by atoms with van der Waals surface area (Å²) in [6.07, 6.45) is 11.9. The molecule has 1 N–H and O–H groups in total. The molecule has 0 saturated heterocycles. The Morgan fingerprint density at radius 2 is 1.21 bits per heavy atom. The first kappa shape index (κ1) is 18.9. The first-order valence-corrected chi connectivity index (χ1v) is 8.14. The molecule has 0 aliphatic rings. The molecule has 0 aromatic heterocycles. The summed E-state index contributed by atoms with van der Waals surface area (Å²) in [6.45, 7) is 6.42. The lowest BCUT2D eigenvalue weighted by molar-refractivity contribution is -0.0859. The topological polar surface area (TPSA) is 38.7 Å². The molecule has 3 nitrogen and oxygen atoms in total. The van der Waals surface area contributed by atoms with E-state index in [9.17, 15) is 0 Å². The maximum atomic E-state index is 8.91. The second-order valence-corrected chi connectivity index (χ2v) is 5.26. The Balaban J connectivity index is 2.91. The van der Waals surface area contributed by atoms with Crippen molar-refractivity contribution in [3.05, 3.63) is 0 Å². The van der Waals surface area contributed by atoms with E-state index in [1.54, 1.807) is 6.92 Å². The first-order valence-electron chi connectivity index (χ1n) is 8.14. The predicted octanol–water partition coefficient (Wildman–Crippen LogP) is 4.28. The molecule has 0 heterocycles.